The molecule has 0 fully saturated rings. The molecule has 1 aliphatic carbocycles. The Hall–Kier alpha value is -1.81. The number of rotatable bonds is 1. The summed E-state index contributed by atoms with van der Waals surface area (Å²) in [6, 6.07) is 9.66. The van der Waals surface area contributed by atoms with Crippen molar-refractivity contribution in [2.24, 2.45) is 5.73 Å². The average Bonchev–Trinajstić information content (AvgIpc) is 2.45. The van der Waals surface area contributed by atoms with Crippen molar-refractivity contribution >= 4 is 0 Å². The molecule has 4 heteroatoms. The van der Waals surface area contributed by atoms with Crippen LogP contribution in [0.15, 0.2) is 36.4 Å². The van der Waals surface area contributed by atoms with Crippen molar-refractivity contribution in [2.45, 2.75) is 24.8 Å². The molecule has 2 N–H and O–H groups in total. The van der Waals surface area contributed by atoms with E-state index in [1.807, 2.05) is 24.3 Å². The Morgan fingerprint density at radius 3 is 2.45 bits per heavy atom. The van der Waals surface area contributed by atoms with Crippen molar-refractivity contribution in [2.75, 3.05) is 0 Å². The first-order valence-corrected chi connectivity index (χ1v) is 6.55. The van der Waals surface area contributed by atoms with Gasteiger partial charge in [-0.2, -0.15) is 0 Å². The van der Waals surface area contributed by atoms with Crippen LogP contribution in [-0.4, -0.2) is 0 Å². The first kappa shape index (κ1) is 13.2. The Labute approximate surface area is 115 Å². The molecule has 0 aliphatic heterocycles. The maximum absolute atomic E-state index is 14.1. The smallest absolute Gasteiger partial charge is 0.194 e. The summed E-state index contributed by atoms with van der Waals surface area (Å²) in [5, 5.41) is 0. The largest absolute Gasteiger partial charge is 0.318 e. The number of benzene rings is 2. The van der Waals surface area contributed by atoms with E-state index in [2.05, 4.69) is 0 Å². The van der Waals surface area contributed by atoms with Crippen molar-refractivity contribution in [1.82, 2.24) is 0 Å². The SMILES string of the molecule is NC1(c2ccc(F)c(F)c2F)CCCc2ccccc21. The molecule has 0 aromatic heterocycles. The zero-order chi connectivity index (χ0) is 14.3. The van der Waals surface area contributed by atoms with Crippen LogP contribution in [-0.2, 0) is 12.0 Å². The van der Waals surface area contributed by atoms with Gasteiger partial charge in [-0.05, 0) is 36.5 Å². The van der Waals surface area contributed by atoms with Crippen LogP contribution < -0.4 is 5.73 Å². The fourth-order valence-corrected chi connectivity index (χ4v) is 3.02. The maximum atomic E-state index is 14.1. The molecule has 0 heterocycles. The Morgan fingerprint density at radius 1 is 0.900 bits per heavy atom. The topological polar surface area (TPSA) is 26.0 Å². The van der Waals surface area contributed by atoms with Crippen molar-refractivity contribution in [3.8, 4) is 0 Å². The number of fused-ring (bicyclic) bond motifs is 1. The van der Waals surface area contributed by atoms with Gasteiger partial charge in [-0.25, -0.2) is 13.2 Å². The zero-order valence-corrected chi connectivity index (χ0v) is 10.8. The number of hydrogen-bond donors (Lipinski definition) is 1. The lowest BCUT2D eigenvalue weighted by atomic mass is 9.73. The van der Waals surface area contributed by atoms with Gasteiger partial charge in [0, 0.05) is 5.56 Å². The second-order valence-electron chi connectivity index (χ2n) is 5.20. The van der Waals surface area contributed by atoms with Gasteiger partial charge in [0.15, 0.2) is 17.5 Å². The van der Waals surface area contributed by atoms with Crippen LogP contribution in [0.2, 0.25) is 0 Å². The average molecular weight is 277 g/mol. The summed E-state index contributed by atoms with van der Waals surface area (Å²) in [4.78, 5) is 0. The number of hydrogen-bond acceptors (Lipinski definition) is 1. The van der Waals surface area contributed by atoms with Gasteiger partial charge in [-0.3, -0.25) is 0 Å². The summed E-state index contributed by atoms with van der Waals surface area (Å²) in [5.41, 5.74) is 7.12. The molecule has 0 saturated carbocycles. The van der Waals surface area contributed by atoms with Crippen molar-refractivity contribution in [3.05, 3.63) is 70.5 Å². The van der Waals surface area contributed by atoms with Gasteiger partial charge >= 0.3 is 0 Å². The predicted octanol–water partition coefficient (Wildman–Crippen LogP) is 3.64. The van der Waals surface area contributed by atoms with Crippen LogP contribution in [0.25, 0.3) is 0 Å². The molecule has 0 saturated heterocycles. The standard InChI is InChI=1S/C16H14F3N/c17-13-8-7-12(14(18)15(13)19)16(20)9-3-5-10-4-1-2-6-11(10)16/h1-2,4,6-8H,3,5,9,20H2. The summed E-state index contributed by atoms with van der Waals surface area (Å²) >= 11 is 0. The molecule has 20 heavy (non-hydrogen) atoms. The number of nitrogens with two attached hydrogens (primary N) is 1. The minimum atomic E-state index is -1.46. The van der Waals surface area contributed by atoms with Gasteiger partial charge in [0.25, 0.3) is 0 Å². The maximum Gasteiger partial charge on any atom is 0.194 e. The third kappa shape index (κ3) is 1.83. The number of aryl methyl sites for hydroxylation is 1. The van der Waals surface area contributed by atoms with Gasteiger partial charge in [0.2, 0.25) is 0 Å². The van der Waals surface area contributed by atoms with Crippen LogP contribution in [0.4, 0.5) is 13.2 Å². The summed E-state index contributed by atoms with van der Waals surface area (Å²) in [5.74, 6) is -3.85. The molecule has 2 aromatic rings. The lowest BCUT2D eigenvalue weighted by Gasteiger charge is -2.36. The lowest BCUT2D eigenvalue weighted by molar-refractivity contribution is 0.390. The molecule has 104 valence electrons. The molecule has 2 aromatic carbocycles. The summed E-state index contributed by atoms with van der Waals surface area (Å²) < 4.78 is 40.7. The zero-order valence-electron chi connectivity index (χ0n) is 10.8. The van der Waals surface area contributed by atoms with Crippen molar-refractivity contribution < 1.29 is 13.2 Å². The Bertz CT molecular complexity index is 669. The summed E-state index contributed by atoms with van der Waals surface area (Å²) in [7, 11) is 0. The Morgan fingerprint density at radius 2 is 1.65 bits per heavy atom. The van der Waals surface area contributed by atoms with E-state index in [9.17, 15) is 13.2 Å². The molecular weight excluding hydrogens is 263 g/mol. The van der Waals surface area contributed by atoms with Crippen LogP contribution in [0.5, 0.6) is 0 Å². The molecular formula is C16H14F3N. The van der Waals surface area contributed by atoms with E-state index < -0.39 is 23.0 Å². The van der Waals surface area contributed by atoms with E-state index in [-0.39, 0.29) is 5.56 Å². The number of halogens is 3. The highest BCUT2D eigenvalue weighted by Gasteiger charge is 2.37. The van der Waals surface area contributed by atoms with E-state index in [0.717, 1.165) is 30.0 Å². The molecule has 1 atom stereocenters. The van der Waals surface area contributed by atoms with Crippen LogP contribution in [0.1, 0.15) is 29.5 Å². The van der Waals surface area contributed by atoms with E-state index in [1.54, 1.807) is 0 Å². The molecule has 0 spiro atoms. The highest BCUT2D eigenvalue weighted by Crippen LogP contribution is 2.40. The molecule has 0 bridgehead atoms. The van der Waals surface area contributed by atoms with Crippen LogP contribution in [0.3, 0.4) is 0 Å². The molecule has 3 rings (SSSR count). The summed E-state index contributed by atoms with van der Waals surface area (Å²) in [6.07, 6.45) is 2.15. The van der Waals surface area contributed by atoms with Crippen LogP contribution in [0, 0.1) is 17.5 Å². The fraction of sp³-hybridized carbons (Fsp3) is 0.250. The first-order chi connectivity index (χ1) is 9.54. The first-order valence-electron chi connectivity index (χ1n) is 6.55. The van der Waals surface area contributed by atoms with Crippen molar-refractivity contribution in [3.63, 3.8) is 0 Å². The highest BCUT2D eigenvalue weighted by molar-refractivity contribution is 5.45. The van der Waals surface area contributed by atoms with E-state index in [0.29, 0.717) is 6.42 Å². The van der Waals surface area contributed by atoms with Gasteiger partial charge in [0.1, 0.15) is 0 Å². The van der Waals surface area contributed by atoms with Gasteiger partial charge in [0.05, 0.1) is 5.54 Å². The minimum Gasteiger partial charge on any atom is -0.318 e. The van der Waals surface area contributed by atoms with E-state index in [1.165, 1.54) is 6.07 Å². The molecule has 1 aliphatic rings. The second kappa shape index (κ2) is 4.63. The quantitative estimate of drug-likeness (QED) is 0.791. The lowest BCUT2D eigenvalue weighted by Crippen LogP contribution is -2.42. The fourth-order valence-electron chi connectivity index (χ4n) is 3.02. The molecule has 1 nitrogen and oxygen atoms in total. The summed E-state index contributed by atoms with van der Waals surface area (Å²) in [6.45, 7) is 0. The Kier molecular flexibility index (Phi) is 3.05. The van der Waals surface area contributed by atoms with Gasteiger partial charge < -0.3 is 5.73 Å². The minimum absolute atomic E-state index is 0.0172. The predicted molar refractivity (Wildman–Crippen MR) is 70.7 cm³/mol. The monoisotopic (exact) mass is 277 g/mol. The third-order valence-corrected chi connectivity index (χ3v) is 4.03. The Balaban J connectivity index is 2.22. The van der Waals surface area contributed by atoms with Gasteiger partial charge in [-0.15, -0.1) is 0 Å². The highest BCUT2D eigenvalue weighted by atomic mass is 19.2. The second-order valence-corrected chi connectivity index (χ2v) is 5.20. The molecule has 0 radical (unpaired) electrons. The third-order valence-electron chi connectivity index (χ3n) is 4.03. The van der Waals surface area contributed by atoms with Crippen LogP contribution >= 0.6 is 0 Å². The normalized spacial score (nSPS) is 21.6. The molecule has 1 unspecified atom stereocenters. The van der Waals surface area contributed by atoms with Gasteiger partial charge in [-0.1, -0.05) is 30.3 Å². The van der Waals surface area contributed by atoms with E-state index >= 15 is 0 Å². The van der Waals surface area contributed by atoms with Crippen molar-refractivity contribution in [1.29, 1.82) is 0 Å². The van der Waals surface area contributed by atoms with E-state index in [4.69, 9.17) is 5.73 Å². The molecule has 0 amide bonds.